The van der Waals surface area contributed by atoms with Crippen molar-refractivity contribution in [2.75, 3.05) is 0 Å². The summed E-state index contributed by atoms with van der Waals surface area (Å²) >= 11 is 0. The third-order valence-electron chi connectivity index (χ3n) is 1.96. The molecular formula is C12H16FNOS. The fourth-order valence-electron chi connectivity index (χ4n) is 1.03. The van der Waals surface area contributed by atoms with Crippen LogP contribution in [0.25, 0.3) is 0 Å². The van der Waals surface area contributed by atoms with E-state index in [9.17, 15) is 8.60 Å². The van der Waals surface area contributed by atoms with E-state index < -0.39 is 11.0 Å². The number of benzene rings is 1. The van der Waals surface area contributed by atoms with E-state index in [1.807, 2.05) is 20.8 Å². The van der Waals surface area contributed by atoms with Crippen LogP contribution in [0.4, 0.5) is 4.39 Å². The first-order valence-electron chi connectivity index (χ1n) is 5.09. The molecule has 0 heterocycles. The Kier molecular flexibility index (Phi) is 4.35. The Balaban J connectivity index is 2.62. The van der Waals surface area contributed by atoms with Gasteiger partial charge >= 0.3 is 0 Å². The highest BCUT2D eigenvalue weighted by molar-refractivity contribution is 7.85. The lowest BCUT2D eigenvalue weighted by Gasteiger charge is -2.12. The van der Waals surface area contributed by atoms with Crippen LogP contribution in [0.1, 0.15) is 26.3 Å². The molecule has 0 bridgehead atoms. The minimum atomic E-state index is -1.27. The molecule has 0 spiro atoms. The predicted octanol–water partition coefficient (Wildman–Crippen LogP) is 2.90. The van der Waals surface area contributed by atoms with E-state index in [1.54, 1.807) is 18.2 Å². The third-order valence-corrected chi connectivity index (χ3v) is 3.35. The SMILES string of the molecule is CC(C)(C)S(=O)N=CCc1ccccc1F. The van der Waals surface area contributed by atoms with Gasteiger partial charge in [-0.05, 0) is 32.4 Å². The summed E-state index contributed by atoms with van der Waals surface area (Å²) in [7, 11) is -1.27. The van der Waals surface area contributed by atoms with Gasteiger partial charge in [-0.25, -0.2) is 8.60 Å². The van der Waals surface area contributed by atoms with Gasteiger partial charge in [0.05, 0.1) is 4.75 Å². The van der Waals surface area contributed by atoms with Gasteiger partial charge in [0, 0.05) is 12.6 Å². The number of rotatable bonds is 3. The molecular weight excluding hydrogens is 225 g/mol. The first-order valence-corrected chi connectivity index (χ1v) is 6.20. The van der Waals surface area contributed by atoms with Crippen LogP contribution in [0.3, 0.4) is 0 Å². The minimum absolute atomic E-state index is 0.254. The zero-order valence-corrected chi connectivity index (χ0v) is 10.6. The highest BCUT2D eigenvalue weighted by atomic mass is 32.2. The maximum Gasteiger partial charge on any atom is 0.144 e. The number of hydrogen-bond acceptors (Lipinski definition) is 1. The molecule has 0 aliphatic rings. The largest absolute Gasteiger partial charge is 0.234 e. The van der Waals surface area contributed by atoms with Crippen LogP contribution in [0.5, 0.6) is 0 Å². The highest BCUT2D eigenvalue weighted by Gasteiger charge is 2.17. The Labute approximate surface area is 98.2 Å². The van der Waals surface area contributed by atoms with E-state index in [0.717, 1.165) is 0 Å². The van der Waals surface area contributed by atoms with Crippen molar-refractivity contribution in [2.45, 2.75) is 31.9 Å². The van der Waals surface area contributed by atoms with Gasteiger partial charge in [-0.2, -0.15) is 4.40 Å². The average molecular weight is 241 g/mol. The van der Waals surface area contributed by atoms with Crippen molar-refractivity contribution in [2.24, 2.45) is 4.40 Å². The Bertz CT molecular complexity index is 410. The van der Waals surface area contributed by atoms with Gasteiger partial charge in [-0.15, -0.1) is 0 Å². The van der Waals surface area contributed by atoms with Crippen molar-refractivity contribution >= 4 is 17.2 Å². The molecule has 0 aliphatic carbocycles. The molecule has 0 aliphatic heterocycles. The molecule has 0 N–H and O–H groups in total. The Morgan fingerprint density at radius 2 is 2.00 bits per heavy atom. The predicted molar refractivity (Wildman–Crippen MR) is 66.5 cm³/mol. The minimum Gasteiger partial charge on any atom is -0.234 e. The fraction of sp³-hybridized carbons (Fsp3) is 0.417. The van der Waals surface area contributed by atoms with Crippen LogP contribution in [0.15, 0.2) is 28.7 Å². The summed E-state index contributed by atoms with van der Waals surface area (Å²) in [5, 5.41) is 0. The molecule has 0 saturated carbocycles. The standard InChI is InChI=1S/C12H16FNOS/c1-12(2,3)16(15)14-9-8-10-6-4-5-7-11(10)13/h4-7,9H,8H2,1-3H3. The van der Waals surface area contributed by atoms with Crippen LogP contribution in [0.2, 0.25) is 0 Å². The van der Waals surface area contributed by atoms with Crippen molar-refractivity contribution in [3.05, 3.63) is 35.6 Å². The fourth-order valence-corrected chi connectivity index (χ4v) is 1.55. The molecule has 88 valence electrons. The van der Waals surface area contributed by atoms with E-state index in [1.165, 1.54) is 12.3 Å². The van der Waals surface area contributed by atoms with Gasteiger partial charge in [0.1, 0.15) is 16.8 Å². The van der Waals surface area contributed by atoms with E-state index in [-0.39, 0.29) is 10.6 Å². The molecule has 1 aromatic rings. The number of hydrogen-bond donors (Lipinski definition) is 0. The summed E-state index contributed by atoms with van der Waals surface area (Å²) in [5.74, 6) is -0.254. The lowest BCUT2D eigenvalue weighted by Crippen LogP contribution is -2.19. The van der Waals surface area contributed by atoms with Crippen LogP contribution < -0.4 is 0 Å². The second-order valence-electron chi connectivity index (χ2n) is 4.45. The average Bonchev–Trinajstić information content (AvgIpc) is 2.19. The molecule has 16 heavy (non-hydrogen) atoms. The molecule has 1 atom stereocenters. The lowest BCUT2D eigenvalue weighted by molar-refractivity contribution is 0.616. The highest BCUT2D eigenvalue weighted by Crippen LogP contribution is 2.12. The van der Waals surface area contributed by atoms with Gasteiger partial charge in [0.25, 0.3) is 0 Å². The van der Waals surface area contributed by atoms with Gasteiger partial charge in [0.2, 0.25) is 0 Å². The molecule has 0 aromatic heterocycles. The normalized spacial score (nSPS) is 14.2. The summed E-state index contributed by atoms with van der Waals surface area (Å²) in [6.07, 6.45) is 1.88. The second-order valence-corrected chi connectivity index (χ2v) is 6.38. The zero-order chi connectivity index (χ0) is 12.2. The lowest BCUT2D eigenvalue weighted by atomic mass is 10.1. The van der Waals surface area contributed by atoms with Gasteiger partial charge in [0.15, 0.2) is 0 Å². The summed E-state index contributed by atoms with van der Waals surface area (Å²) in [6.45, 7) is 5.55. The van der Waals surface area contributed by atoms with E-state index in [4.69, 9.17) is 0 Å². The summed E-state index contributed by atoms with van der Waals surface area (Å²) in [5.41, 5.74) is 0.567. The molecule has 0 amide bonds. The van der Waals surface area contributed by atoms with Gasteiger partial charge in [-0.3, -0.25) is 0 Å². The number of halogens is 1. The summed E-state index contributed by atoms with van der Waals surface area (Å²) in [6, 6.07) is 6.52. The monoisotopic (exact) mass is 241 g/mol. The van der Waals surface area contributed by atoms with E-state index >= 15 is 0 Å². The van der Waals surface area contributed by atoms with Crippen LogP contribution in [-0.4, -0.2) is 15.2 Å². The van der Waals surface area contributed by atoms with Crippen LogP contribution >= 0.6 is 0 Å². The van der Waals surface area contributed by atoms with Crippen molar-refractivity contribution in [3.63, 3.8) is 0 Å². The maximum absolute atomic E-state index is 13.2. The molecule has 1 aromatic carbocycles. The van der Waals surface area contributed by atoms with Crippen molar-refractivity contribution < 1.29 is 8.60 Å². The summed E-state index contributed by atoms with van der Waals surface area (Å²) in [4.78, 5) is 0. The Morgan fingerprint density at radius 1 is 1.38 bits per heavy atom. The maximum atomic E-state index is 13.2. The third kappa shape index (κ3) is 3.85. The molecule has 1 rings (SSSR count). The first kappa shape index (κ1) is 13.0. The molecule has 1 unspecified atom stereocenters. The molecule has 0 fully saturated rings. The van der Waals surface area contributed by atoms with Gasteiger partial charge < -0.3 is 0 Å². The first-order chi connectivity index (χ1) is 7.41. The Morgan fingerprint density at radius 3 is 2.56 bits per heavy atom. The smallest absolute Gasteiger partial charge is 0.144 e. The molecule has 0 radical (unpaired) electrons. The molecule has 2 nitrogen and oxygen atoms in total. The van der Waals surface area contributed by atoms with E-state index in [2.05, 4.69) is 4.40 Å². The van der Waals surface area contributed by atoms with Crippen LogP contribution in [-0.2, 0) is 17.4 Å². The topological polar surface area (TPSA) is 29.4 Å². The van der Waals surface area contributed by atoms with Gasteiger partial charge in [-0.1, -0.05) is 18.2 Å². The summed E-state index contributed by atoms with van der Waals surface area (Å²) < 4.78 is 28.3. The van der Waals surface area contributed by atoms with Crippen molar-refractivity contribution in [3.8, 4) is 0 Å². The number of nitrogens with zero attached hydrogens (tertiary/aromatic N) is 1. The van der Waals surface area contributed by atoms with Crippen molar-refractivity contribution in [1.29, 1.82) is 0 Å². The Hall–Kier alpha value is -1.03. The second kappa shape index (κ2) is 5.34. The zero-order valence-electron chi connectivity index (χ0n) is 9.74. The molecule has 0 saturated heterocycles. The van der Waals surface area contributed by atoms with E-state index in [0.29, 0.717) is 12.0 Å². The molecule has 4 heteroatoms. The quantitative estimate of drug-likeness (QED) is 0.748. The van der Waals surface area contributed by atoms with Crippen LogP contribution in [0, 0.1) is 5.82 Å². The van der Waals surface area contributed by atoms with Crippen molar-refractivity contribution in [1.82, 2.24) is 0 Å².